The lowest BCUT2D eigenvalue weighted by Crippen LogP contribution is -2.46. The molecule has 3 N–H and O–H groups in total. The Bertz CT molecular complexity index is 440. The van der Waals surface area contributed by atoms with Gasteiger partial charge in [0.1, 0.15) is 0 Å². The number of nitrogens with zero attached hydrogens (tertiary/aromatic N) is 1. The number of amides is 1. The number of ether oxygens (including phenoxy) is 1. The Balaban J connectivity index is 0.00000200. The Hall–Kier alpha value is -1.01. The van der Waals surface area contributed by atoms with Crippen molar-refractivity contribution in [3.8, 4) is 0 Å². The van der Waals surface area contributed by atoms with Crippen LogP contribution in [0.1, 0.15) is 17.3 Å². The van der Waals surface area contributed by atoms with Crippen LogP contribution in [-0.2, 0) is 4.74 Å². The molecule has 0 bridgehead atoms. The molecule has 1 atom stereocenters. The summed E-state index contributed by atoms with van der Waals surface area (Å²) < 4.78 is 5.30. The zero-order valence-electron chi connectivity index (χ0n) is 12.1. The summed E-state index contributed by atoms with van der Waals surface area (Å²) in [5, 5.41) is 2.98. The first-order valence-corrected chi connectivity index (χ1v) is 6.62. The van der Waals surface area contributed by atoms with E-state index in [2.05, 4.69) is 10.2 Å². The molecule has 0 spiro atoms. The lowest BCUT2D eigenvalue weighted by Gasteiger charge is -2.29. The summed E-state index contributed by atoms with van der Waals surface area (Å²) in [5.74, 6) is -0.112. The van der Waals surface area contributed by atoms with Gasteiger partial charge in [-0.1, -0.05) is 12.1 Å². The fourth-order valence-electron chi connectivity index (χ4n) is 2.22. The number of anilines is 1. The first-order chi connectivity index (χ1) is 9.16. The minimum Gasteiger partial charge on any atom is -0.398 e. The lowest BCUT2D eigenvalue weighted by atomic mass is 10.1. The van der Waals surface area contributed by atoms with Crippen LogP contribution in [0.2, 0.25) is 0 Å². The van der Waals surface area contributed by atoms with E-state index in [1.807, 2.05) is 19.1 Å². The quantitative estimate of drug-likeness (QED) is 0.819. The van der Waals surface area contributed by atoms with Gasteiger partial charge in [-0.15, -0.1) is 24.8 Å². The summed E-state index contributed by atoms with van der Waals surface area (Å²) >= 11 is 0. The van der Waals surface area contributed by atoms with Gasteiger partial charge in [0.05, 0.1) is 18.8 Å². The van der Waals surface area contributed by atoms with Gasteiger partial charge in [-0.3, -0.25) is 9.69 Å². The number of nitrogens with one attached hydrogen (secondary N) is 1. The number of hydrogen-bond donors (Lipinski definition) is 2. The number of nitrogens with two attached hydrogens (primary N) is 1. The molecule has 120 valence electrons. The van der Waals surface area contributed by atoms with Gasteiger partial charge in [-0.25, -0.2) is 0 Å². The highest BCUT2D eigenvalue weighted by molar-refractivity contribution is 5.99. The van der Waals surface area contributed by atoms with Gasteiger partial charge in [-0.2, -0.15) is 0 Å². The number of rotatable bonds is 4. The van der Waals surface area contributed by atoms with E-state index in [0.717, 1.165) is 32.8 Å². The number of para-hydroxylation sites is 1. The molecule has 1 aromatic rings. The first-order valence-electron chi connectivity index (χ1n) is 6.62. The van der Waals surface area contributed by atoms with Crippen molar-refractivity contribution in [1.82, 2.24) is 10.2 Å². The Morgan fingerprint density at radius 3 is 2.57 bits per heavy atom. The van der Waals surface area contributed by atoms with E-state index in [9.17, 15) is 4.79 Å². The fraction of sp³-hybridized carbons (Fsp3) is 0.500. The van der Waals surface area contributed by atoms with Crippen LogP contribution < -0.4 is 11.1 Å². The molecule has 1 heterocycles. The number of halogens is 2. The van der Waals surface area contributed by atoms with Gasteiger partial charge >= 0.3 is 0 Å². The number of carbonyl (C=O) groups excluding carboxylic acids is 1. The molecule has 0 saturated carbocycles. The molecule has 0 aliphatic carbocycles. The van der Waals surface area contributed by atoms with E-state index >= 15 is 0 Å². The highest BCUT2D eigenvalue weighted by Gasteiger charge is 2.16. The van der Waals surface area contributed by atoms with Crippen molar-refractivity contribution in [2.24, 2.45) is 0 Å². The molecule has 1 aliphatic heterocycles. The minimum atomic E-state index is -0.112. The van der Waals surface area contributed by atoms with Gasteiger partial charge in [0, 0.05) is 31.4 Å². The summed E-state index contributed by atoms with van der Waals surface area (Å²) in [6.07, 6.45) is 0. The average Bonchev–Trinajstić information content (AvgIpc) is 2.40. The highest BCUT2D eigenvalue weighted by Crippen LogP contribution is 2.10. The van der Waals surface area contributed by atoms with Crippen molar-refractivity contribution < 1.29 is 9.53 Å². The van der Waals surface area contributed by atoms with Crippen LogP contribution in [0.3, 0.4) is 0 Å². The van der Waals surface area contributed by atoms with Crippen LogP contribution in [0, 0.1) is 0 Å². The van der Waals surface area contributed by atoms with Crippen LogP contribution in [0.15, 0.2) is 24.3 Å². The molecular formula is C14H23Cl2N3O2. The second kappa shape index (κ2) is 9.84. The number of morpholine rings is 1. The molecule has 1 unspecified atom stereocenters. The molecule has 7 heteroatoms. The maximum absolute atomic E-state index is 12.1. The third-order valence-electron chi connectivity index (χ3n) is 3.22. The largest absolute Gasteiger partial charge is 0.398 e. The van der Waals surface area contributed by atoms with Crippen molar-refractivity contribution in [2.75, 3.05) is 38.6 Å². The van der Waals surface area contributed by atoms with E-state index in [-0.39, 0.29) is 36.8 Å². The Kier molecular flexibility index (Phi) is 9.37. The predicted octanol–water partition coefficient (Wildman–Crippen LogP) is 1.56. The SMILES string of the molecule is CC(CN1CCOCC1)NC(=O)c1ccccc1N.Cl.Cl. The molecular weight excluding hydrogens is 313 g/mol. The standard InChI is InChI=1S/C14H21N3O2.2ClH/c1-11(10-17-6-8-19-9-7-17)16-14(18)12-4-2-3-5-13(12)15;;/h2-5,11H,6-10,15H2,1H3,(H,16,18);2*1H. The Labute approximate surface area is 138 Å². The van der Waals surface area contributed by atoms with Crippen LogP contribution in [0.25, 0.3) is 0 Å². The maximum atomic E-state index is 12.1. The van der Waals surface area contributed by atoms with Crippen LogP contribution in [0.5, 0.6) is 0 Å². The van der Waals surface area contributed by atoms with Gasteiger partial charge in [0.2, 0.25) is 0 Å². The summed E-state index contributed by atoms with van der Waals surface area (Å²) in [7, 11) is 0. The smallest absolute Gasteiger partial charge is 0.253 e. The lowest BCUT2D eigenvalue weighted by molar-refractivity contribution is 0.0342. The van der Waals surface area contributed by atoms with Gasteiger partial charge in [0.25, 0.3) is 5.91 Å². The molecule has 0 radical (unpaired) electrons. The molecule has 2 rings (SSSR count). The highest BCUT2D eigenvalue weighted by atomic mass is 35.5. The number of carbonyl (C=O) groups is 1. The van der Waals surface area contributed by atoms with E-state index in [1.54, 1.807) is 12.1 Å². The average molecular weight is 336 g/mol. The number of nitrogen functional groups attached to an aromatic ring is 1. The van der Waals surface area contributed by atoms with Gasteiger partial charge < -0.3 is 15.8 Å². The second-order valence-corrected chi connectivity index (χ2v) is 4.87. The normalized spacial score (nSPS) is 16.2. The molecule has 1 fully saturated rings. The molecule has 1 aliphatic rings. The maximum Gasteiger partial charge on any atom is 0.253 e. The Morgan fingerprint density at radius 2 is 1.95 bits per heavy atom. The van der Waals surface area contributed by atoms with E-state index < -0.39 is 0 Å². The van der Waals surface area contributed by atoms with Crippen LogP contribution in [-0.4, -0.2) is 49.7 Å². The Morgan fingerprint density at radius 1 is 1.33 bits per heavy atom. The van der Waals surface area contributed by atoms with Crippen molar-refractivity contribution in [3.63, 3.8) is 0 Å². The number of benzene rings is 1. The number of hydrogen-bond acceptors (Lipinski definition) is 4. The second-order valence-electron chi connectivity index (χ2n) is 4.87. The van der Waals surface area contributed by atoms with Gasteiger partial charge in [0.15, 0.2) is 0 Å². The first kappa shape index (κ1) is 20.0. The summed E-state index contributed by atoms with van der Waals surface area (Å²) in [6, 6.07) is 7.21. The van der Waals surface area contributed by atoms with Gasteiger partial charge in [-0.05, 0) is 19.1 Å². The zero-order valence-corrected chi connectivity index (χ0v) is 13.7. The topological polar surface area (TPSA) is 67.6 Å². The van der Waals surface area contributed by atoms with Crippen molar-refractivity contribution >= 4 is 36.4 Å². The summed E-state index contributed by atoms with van der Waals surface area (Å²) in [6.45, 7) is 6.23. The van der Waals surface area contributed by atoms with Crippen molar-refractivity contribution in [1.29, 1.82) is 0 Å². The molecule has 1 amide bonds. The third kappa shape index (κ3) is 6.09. The minimum absolute atomic E-state index is 0. The van der Waals surface area contributed by atoms with E-state index in [1.165, 1.54) is 0 Å². The zero-order chi connectivity index (χ0) is 13.7. The monoisotopic (exact) mass is 335 g/mol. The molecule has 5 nitrogen and oxygen atoms in total. The molecule has 21 heavy (non-hydrogen) atoms. The van der Waals surface area contributed by atoms with Crippen LogP contribution >= 0.6 is 24.8 Å². The summed E-state index contributed by atoms with van der Waals surface area (Å²) in [5.41, 5.74) is 6.84. The van der Waals surface area contributed by atoms with E-state index in [4.69, 9.17) is 10.5 Å². The van der Waals surface area contributed by atoms with E-state index in [0.29, 0.717) is 11.3 Å². The van der Waals surface area contributed by atoms with Crippen molar-refractivity contribution in [2.45, 2.75) is 13.0 Å². The molecule has 0 aromatic heterocycles. The predicted molar refractivity (Wildman–Crippen MR) is 89.5 cm³/mol. The summed E-state index contributed by atoms with van der Waals surface area (Å²) in [4.78, 5) is 14.4. The fourth-order valence-corrected chi connectivity index (χ4v) is 2.22. The molecule has 1 saturated heterocycles. The molecule has 1 aromatic carbocycles. The van der Waals surface area contributed by atoms with Crippen LogP contribution in [0.4, 0.5) is 5.69 Å². The van der Waals surface area contributed by atoms with Crippen molar-refractivity contribution in [3.05, 3.63) is 29.8 Å². The third-order valence-corrected chi connectivity index (χ3v) is 3.22.